The van der Waals surface area contributed by atoms with E-state index in [2.05, 4.69) is 17.1 Å². The number of rotatable bonds is 10. The van der Waals surface area contributed by atoms with Gasteiger partial charge in [-0.3, -0.25) is 0 Å². The topological polar surface area (TPSA) is 89.1 Å². The zero-order chi connectivity index (χ0) is 15.5. The van der Waals surface area contributed by atoms with E-state index in [0.29, 0.717) is 25.3 Å². The van der Waals surface area contributed by atoms with Gasteiger partial charge in [-0.1, -0.05) is 11.2 Å². The molecule has 0 unspecified atom stereocenters. The largest absolute Gasteiger partial charge is 0.496 e. The van der Waals surface area contributed by atoms with Crippen LogP contribution in [0.5, 0.6) is 5.75 Å². The van der Waals surface area contributed by atoms with Gasteiger partial charge in [0, 0.05) is 24.2 Å². The summed E-state index contributed by atoms with van der Waals surface area (Å²) in [7, 11) is 1.61. The molecule has 0 aliphatic rings. The molecule has 0 bridgehead atoms. The zero-order valence-corrected chi connectivity index (χ0v) is 12.3. The van der Waals surface area contributed by atoms with Crippen molar-refractivity contribution in [3.63, 3.8) is 0 Å². The SMILES string of the molecule is C=CCCOCCNCc1cc(/C(N)=N/O)ccc1OC. The van der Waals surface area contributed by atoms with Crippen molar-refractivity contribution in [1.29, 1.82) is 0 Å². The molecule has 6 nitrogen and oxygen atoms in total. The highest BCUT2D eigenvalue weighted by molar-refractivity contribution is 5.97. The summed E-state index contributed by atoms with van der Waals surface area (Å²) in [5, 5.41) is 15.0. The minimum atomic E-state index is 0.0756. The first-order valence-electron chi connectivity index (χ1n) is 6.77. The molecule has 1 aromatic carbocycles. The number of nitrogens with zero attached hydrogens (tertiary/aromatic N) is 1. The van der Waals surface area contributed by atoms with Crippen LogP contribution in [0.3, 0.4) is 0 Å². The molecule has 0 aliphatic heterocycles. The molecule has 116 valence electrons. The van der Waals surface area contributed by atoms with Gasteiger partial charge in [0.1, 0.15) is 5.75 Å². The molecule has 0 heterocycles. The number of benzene rings is 1. The second-order valence-electron chi connectivity index (χ2n) is 4.38. The van der Waals surface area contributed by atoms with Gasteiger partial charge in [0.25, 0.3) is 0 Å². The Morgan fingerprint density at radius 1 is 1.48 bits per heavy atom. The second kappa shape index (κ2) is 9.79. The fourth-order valence-electron chi connectivity index (χ4n) is 1.77. The molecule has 0 aromatic heterocycles. The standard InChI is InChI=1S/C15H23N3O3/c1-3-4-8-21-9-7-17-11-13-10-12(15(16)18-19)5-6-14(13)20-2/h3,5-6,10,17,19H,1,4,7-9,11H2,2H3,(H2,16,18). The number of ether oxygens (including phenoxy) is 2. The third-order valence-corrected chi connectivity index (χ3v) is 2.89. The van der Waals surface area contributed by atoms with Crippen LogP contribution in [0.25, 0.3) is 0 Å². The maximum atomic E-state index is 8.72. The van der Waals surface area contributed by atoms with E-state index in [4.69, 9.17) is 20.4 Å². The first-order valence-corrected chi connectivity index (χ1v) is 6.77. The van der Waals surface area contributed by atoms with Gasteiger partial charge in [-0.25, -0.2) is 0 Å². The van der Waals surface area contributed by atoms with E-state index in [-0.39, 0.29) is 5.84 Å². The number of amidine groups is 1. The summed E-state index contributed by atoms with van der Waals surface area (Å²) in [4.78, 5) is 0. The Hall–Kier alpha value is -2.05. The third kappa shape index (κ3) is 5.85. The molecule has 0 amide bonds. The molecule has 0 spiro atoms. The van der Waals surface area contributed by atoms with Crippen molar-refractivity contribution < 1.29 is 14.7 Å². The van der Waals surface area contributed by atoms with Gasteiger partial charge in [-0.2, -0.15) is 0 Å². The van der Waals surface area contributed by atoms with E-state index < -0.39 is 0 Å². The predicted molar refractivity (Wildman–Crippen MR) is 82.8 cm³/mol. The fourth-order valence-corrected chi connectivity index (χ4v) is 1.77. The number of hydrogen-bond donors (Lipinski definition) is 3. The average molecular weight is 293 g/mol. The summed E-state index contributed by atoms with van der Waals surface area (Å²) >= 11 is 0. The Bertz CT molecular complexity index is 475. The van der Waals surface area contributed by atoms with E-state index in [1.165, 1.54) is 0 Å². The molecule has 0 saturated carbocycles. The lowest BCUT2D eigenvalue weighted by atomic mass is 10.1. The number of oxime groups is 1. The zero-order valence-electron chi connectivity index (χ0n) is 12.3. The summed E-state index contributed by atoms with van der Waals surface area (Å²) in [6.45, 7) is 6.30. The highest BCUT2D eigenvalue weighted by Crippen LogP contribution is 2.19. The van der Waals surface area contributed by atoms with Crippen LogP contribution >= 0.6 is 0 Å². The summed E-state index contributed by atoms with van der Waals surface area (Å²) in [6.07, 6.45) is 2.69. The Kier molecular flexibility index (Phi) is 7.93. The first-order chi connectivity index (χ1) is 10.2. The number of nitrogens with two attached hydrogens (primary N) is 1. The molecule has 0 radical (unpaired) electrons. The van der Waals surface area contributed by atoms with Crippen molar-refractivity contribution in [2.45, 2.75) is 13.0 Å². The van der Waals surface area contributed by atoms with E-state index in [1.807, 2.05) is 12.1 Å². The highest BCUT2D eigenvalue weighted by Gasteiger charge is 2.07. The van der Waals surface area contributed by atoms with Crippen LogP contribution in [-0.2, 0) is 11.3 Å². The first kappa shape index (κ1) is 17.0. The van der Waals surface area contributed by atoms with Gasteiger partial charge in [0.15, 0.2) is 5.84 Å². The Labute approximate surface area is 125 Å². The van der Waals surface area contributed by atoms with Crippen LogP contribution in [0, 0.1) is 0 Å². The monoisotopic (exact) mass is 293 g/mol. The molecule has 6 heteroatoms. The van der Waals surface area contributed by atoms with Gasteiger partial charge in [0.05, 0.1) is 20.3 Å². The Morgan fingerprint density at radius 2 is 2.29 bits per heavy atom. The Morgan fingerprint density at radius 3 is 2.95 bits per heavy atom. The summed E-state index contributed by atoms with van der Waals surface area (Å²) in [5.74, 6) is 0.830. The fraction of sp³-hybridized carbons (Fsp3) is 0.400. The van der Waals surface area contributed by atoms with Crippen molar-refractivity contribution in [3.8, 4) is 5.75 Å². The van der Waals surface area contributed by atoms with Crippen LogP contribution in [0.2, 0.25) is 0 Å². The number of methoxy groups -OCH3 is 1. The van der Waals surface area contributed by atoms with Crippen molar-refractivity contribution >= 4 is 5.84 Å². The molecule has 0 saturated heterocycles. The summed E-state index contributed by atoms with van der Waals surface area (Å²) in [6, 6.07) is 5.38. The predicted octanol–water partition coefficient (Wildman–Crippen LogP) is 1.47. The maximum Gasteiger partial charge on any atom is 0.170 e. The van der Waals surface area contributed by atoms with Gasteiger partial charge in [-0.05, 0) is 24.6 Å². The minimum Gasteiger partial charge on any atom is -0.496 e. The molecular formula is C15H23N3O3. The minimum absolute atomic E-state index is 0.0756. The van der Waals surface area contributed by atoms with Gasteiger partial charge in [0.2, 0.25) is 0 Å². The smallest absolute Gasteiger partial charge is 0.170 e. The molecule has 1 rings (SSSR count). The summed E-state index contributed by atoms with van der Waals surface area (Å²) in [5.41, 5.74) is 7.18. The molecule has 21 heavy (non-hydrogen) atoms. The quantitative estimate of drug-likeness (QED) is 0.152. The van der Waals surface area contributed by atoms with Crippen molar-refractivity contribution in [2.24, 2.45) is 10.9 Å². The summed E-state index contributed by atoms with van der Waals surface area (Å²) < 4.78 is 10.7. The van der Waals surface area contributed by atoms with Crippen molar-refractivity contribution in [2.75, 3.05) is 26.9 Å². The van der Waals surface area contributed by atoms with Gasteiger partial charge >= 0.3 is 0 Å². The second-order valence-corrected chi connectivity index (χ2v) is 4.38. The molecule has 4 N–H and O–H groups in total. The molecule has 0 fully saturated rings. The van der Waals surface area contributed by atoms with Crippen LogP contribution in [-0.4, -0.2) is 37.9 Å². The van der Waals surface area contributed by atoms with Crippen LogP contribution in [0.15, 0.2) is 36.0 Å². The van der Waals surface area contributed by atoms with E-state index in [1.54, 1.807) is 19.2 Å². The lowest BCUT2D eigenvalue weighted by Gasteiger charge is -2.11. The molecule has 0 atom stereocenters. The van der Waals surface area contributed by atoms with E-state index in [9.17, 15) is 0 Å². The van der Waals surface area contributed by atoms with Crippen LogP contribution in [0.1, 0.15) is 17.5 Å². The molecule has 0 aliphatic carbocycles. The maximum absolute atomic E-state index is 8.72. The normalized spacial score (nSPS) is 11.4. The van der Waals surface area contributed by atoms with E-state index in [0.717, 1.165) is 24.3 Å². The Balaban J connectivity index is 2.50. The van der Waals surface area contributed by atoms with Crippen LogP contribution < -0.4 is 15.8 Å². The van der Waals surface area contributed by atoms with Crippen molar-refractivity contribution in [1.82, 2.24) is 5.32 Å². The average Bonchev–Trinajstić information content (AvgIpc) is 2.53. The van der Waals surface area contributed by atoms with E-state index >= 15 is 0 Å². The van der Waals surface area contributed by atoms with Gasteiger partial charge < -0.3 is 25.7 Å². The van der Waals surface area contributed by atoms with Crippen LogP contribution in [0.4, 0.5) is 0 Å². The third-order valence-electron chi connectivity index (χ3n) is 2.89. The van der Waals surface area contributed by atoms with Gasteiger partial charge in [-0.15, -0.1) is 6.58 Å². The molecular weight excluding hydrogens is 270 g/mol. The number of nitrogens with one attached hydrogen (secondary N) is 1. The van der Waals surface area contributed by atoms with Crippen molar-refractivity contribution in [3.05, 3.63) is 42.0 Å². The lowest BCUT2D eigenvalue weighted by molar-refractivity contribution is 0.140. The number of hydrogen-bond acceptors (Lipinski definition) is 5. The lowest BCUT2D eigenvalue weighted by Crippen LogP contribution is -2.20. The highest BCUT2D eigenvalue weighted by atomic mass is 16.5. The molecule has 1 aromatic rings.